The third-order valence-electron chi connectivity index (χ3n) is 4.19. The van der Waals surface area contributed by atoms with Crippen molar-refractivity contribution in [3.63, 3.8) is 0 Å². The van der Waals surface area contributed by atoms with E-state index in [-0.39, 0.29) is 18.6 Å². The lowest BCUT2D eigenvalue weighted by Crippen LogP contribution is -2.31. The second-order valence-corrected chi connectivity index (χ2v) is 7.43. The van der Waals surface area contributed by atoms with E-state index in [9.17, 15) is 9.90 Å². The minimum absolute atomic E-state index is 0.00570. The van der Waals surface area contributed by atoms with Crippen LogP contribution in [0.2, 0.25) is 0 Å². The zero-order valence-electron chi connectivity index (χ0n) is 15.7. The third kappa shape index (κ3) is 4.62. The molecule has 0 saturated carbocycles. The molecule has 0 aliphatic heterocycles. The Morgan fingerprint density at radius 3 is 2.33 bits per heavy atom. The molecule has 27 heavy (non-hydrogen) atoms. The Morgan fingerprint density at radius 2 is 1.70 bits per heavy atom. The number of rotatable bonds is 6. The lowest BCUT2D eigenvalue weighted by molar-refractivity contribution is 0.0878. The minimum atomic E-state index is -0.883. The van der Waals surface area contributed by atoms with E-state index in [0.717, 1.165) is 4.68 Å². The number of nitrogens with zero attached hydrogens (tertiary/aromatic N) is 4. The number of hydrogen-bond acceptors (Lipinski definition) is 5. The standard InChI is InChI=1S/C20H24N4O3/c1-20(2,3)15-9-11-18(12-10-15)27-14-17(25)13-23-19(26)24(22-21-23)16-7-5-4-6-8-16/h4-12,17,25H,13-14H2,1-3H3/t17-/m1/s1. The number of para-hydroxylation sites is 1. The molecular formula is C20H24N4O3. The van der Waals surface area contributed by atoms with E-state index in [0.29, 0.717) is 11.4 Å². The minimum Gasteiger partial charge on any atom is -0.491 e. The summed E-state index contributed by atoms with van der Waals surface area (Å²) < 4.78 is 7.94. The summed E-state index contributed by atoms with van der Waals surface area (Å²) in [5.41, 5.74) is 1.50. The summed E-state index contributed by atoms with van der Waals surface area (Å²) in [7, 11) is 0. The van der Waals surface area contributed by atoms with Gasteiger partial charge in [-0.25, -0.2) is 4.79 Å². The highest BCUT2D eigenvalue weighted by molar-refractivity contribution is 5.31. The number of benzene rings is 2. The molecule has 0 fully saturated rings. The van der Waals surface area contributed by atoms with Crippen LogP contribution in [0.4, 0.5) is 0 Å². The Hall–Kier alpha value is -2.93. The average Bonchev–Trinajstić information content (AvgIpc) is 3.01. The average molecular weight is 368 g/mol. The van der Waals surface area contributed by atoms with Crippen LogP contribution in [-0.2, 0) is 12.0 Å². The van der Waals surface area contributed by atoms with Gasteiger partial charge in [0.25, 0.3) is 0 Å². The van der Waals surface area contributed by atoms with Gasteiger partial charge in [-0.2, -0.15) is 9.36 Å². The first-order valence-corrected chi connectivity index (χ1v) is 8.84. The summed E-state index contributed by atoms with van der Waals surface area (Å²) in [5, 5.41) is 17.9. The number of aliphatic hydroxyl groups excluding tert-OH is 1. The molecule has 1 atom stereocenters. The van der Waals surface area contributed by atoms with E-state index in [1.54, 1.807) is 12.1 Å². The highest BCUT2D eigenvalue weighted by Gasteiger charge is 2.15. The molecule has 3 rings (SSSR count). The van der Waals surface area contributed by atoms with E-state index in [1.165, 1.54) is 10.2 Å². The fourth-order valence-electron chi connectivity index (χ4n) is 2.62. The van der Waals surface area contributed by atoms with Crippen molar-refractivity contribution in [3.05, 3.63) is 70.6 Å². The van der Waals surface area contributed by atoms with Crippen LogP contribution in [0.5, 0.6) is 5.75 Å². The quantitative estimate of drug-likeness (QED) is 0.721. The first kappa shape index (κ1) is 18.8. The van der Waals surface area contributed by atoms with E-state index in [4.69, 9.17) is 4.74 Å². The lowest BCUT2D eigenvalue weighted by atomic mass is 9.87. The maximum absolute atomic E-state index is 12.4. The third-order valence-corrected chi connectivity index (χ3v) is 4.19. The van der Waals surface area contributed by atoms with Gasteiger partial charge in [0, 0.05) is 0 Å². The molecule has 1 aromatic heterocycles. The molecule has 0 bridgehead atoms. The van der Waals surface area contributed by atoms with Gasteiger partial charge in [0.2, 0.25) is 0 Å². The van der Waals surface area contributed by atoms with Gasteiger partial charge in [-0.15, -0.1) is 0 Å². The molecule has 0 unspecified atom stereocenters. The Labute approximate surface area is 157 Å². The predicted molar refractivity (Wildman–Crippen MR) is 102 cm³/mol. The maximum atomic E-state index is 12.4. The van der Waals surface area contributed by atoms with Crippen molar-refractivity contribution < 1.29 is 9.84 Å². The highest BCUT2D eigenvalue weighted by Crippen LogP contribution is 2.24. The Balaban J connectivity index is 1.59. The topological polar surface area (TPSA) is 82.2 Å². The van der Waals surface area contributed by atoms with Crippen molar-refractivity contribution in [3.8, 4) is 11.4 Å². The van der Waals surface area contributed by atoms with Crippen LogP contribution < -0.4 is 10.4 Å². The normalized spacial score (nSPS) is 12.7. The molecule has 1 heterocycles. The van der Waals surface area contributed by atoms with Gasteiger partial charge < -0.3 is 9.84 Å². The molecule has 0 aliphatic carbocycles. The first-order valence-electron chi connectivity index (χ1n) is 8.84. The molecule has 0 aliphatic rings. The molecule has 142 valence electrons. The van der Waals surface area contributed by atoms with E-state index < -0.39 is 11.8 Å². The number of tetrazole rings is 1. The highest BCUT2D eigenvalue weighted by atomic mass is 16.5. The van der Waals surface area contributed by atoms with Crippen LogP contribution in [0.3, 0.4) is 0 Å². The second-order valence-electron chi connectivity index (χ2n) is 7.43. The first-order chi connectivity index (χ1) is 12.8. The summed E-state index contributed by atoms with van der Waals surface area (Å²) in [5.74, 6) is 0.669. The van der Waals surface area contributed by atoms with Gasteiger partial charge in [-0.05, 0) is 45.7 Å². The molecular weight excluding hydrogens is 344 g/mol. The number of aliphatic hydroxyl groups is 1. The fraction of sp³-hybridized carbons (Fsp3) is 0.350. The fourth-order valence-corrected chi connectivity index (χ4v) is 2.62. The lowest BCUT2D eigenvalue weighted by Gasteiger charge is -2.19. The smallest absolute Gasteiger partial charge is 0.368 e. The molecule has 0 radical (unpaired) electrons. The van der Waals surface area contributed by atoms with Crippen LogP contribution in [-0.4, -0.2) is 37.6 Å². The zero-order chi connectivity index (χ0) is 19.4. The summed E-state index contributed by atoms with van der Waals surface area (Å²) in [4.78, 5) is 12.4. The van der Waals surface area contributed by atoms with Gasteiger partial charge >= 0.3 is 5.69 Å². The molecule has 0 spiro atoms. The number of aromatic nitrogens is 4. The van der Waals surface area contributed by atoms with Crippen molar-refractivity contribution in [1.82, 2.24) is 19.8 Å². The second kappa shape index (κ2) is 7.75. The van der Waals surface area contributed by atoms with Crippen molar-refractivity contribution >= 4 is 0 Å². The van der Waals surface area contributed by atoms with Crippen LogP contribution in [0.1, 0.15) is 26.3 Å². The molecule has 2 aromatic carbocycles. The van der Waals surface area contributed by atoms with Gasteiger partial charge in [0.05, 0.1) is 12.2 Å². The molecule has 0 amide bonds. The van der Waals surface area contributed by atoms with Gasteiger partial charge in [0.15, 0.2) is 0 Å². The molecule has 3 aromatic rings. The van der Waals surface area contributed by atoms with Crippen LogP contribution in [0.25, 0.3) is 5.69 Å². The monoisotopic (exact) mass is 368 g/mol. The Bertz CT molecular complexity index is 924. The van der Waals surface area contributed by atoms with Crippen molar-refractivity contribution in [1.29, 1.82) is 0 Å². The largest absolute Gasteiger partial charge is 0.491 e. The van der Waals surface area contributed by atoms with Crippen molar-refractivity contribution in [2.24, 2.45) is 0 Å². The molecule has 1 N–H and O–H groups in total. The number of ether oxygens (including phenoxy) is 1. The van der Waals surface area contributed by atoms with Crippen LogP contribution in [0.15, 0.2) is 59.4 Å². The van der Waals surface area contributed by atoms with E-state index in [1.807, 2.05) is 42.5 Å². The molecule has 7 nitrogen and oxygen atoms in total. The van der Waals surface area contributed by atoms with E-state index in [2.05, 4.69) is 31.2 Å². The summed E-state index contributed by atoms with van der Waals surface area (Å²) in [6, 6.07) is 16.8. The van der Waals surface area contributed by atoms with Crippen molar-refractivity contribution in [2.75, 3.05) is 6.61 Å². The molecule has 7 heteroatoms. The Kier molecular flexibility index (Phi) is 5.41. The SMILES string of the molecule is CC(C)(C)c1ccc(OC[C@H](O)Cn2nnn(-c3ccccc3)c2=O)cc1. The van der Waals surface area contributed by atoms with Gasteiger partial charge in [-0.1, -0.05) is 51.1 Å². The maximum Gasteiger partial charge on any atom is 0.368 e. The van der Waals surface area contributed by atoms with Crippen molar-refractivity contribution in [2.45, 2.75) is 38.8 Å². The van der Waals surface area contributed by atoms with Gasteiger partial charge in [-0.3, -0.25) is 0 Å². The Morgan fingerprint density at radius 1 is 1.04 bits per heavy atom. The van der Waals surface area contributed by atoms with E-state index >= 15 is 0 Å². The van der Waals surface area contributed by atoms with Crippen LogP contribution >= 0.6 is 0 Å². The number of hydrogen-bond donors (Lipinski definition) is 1. The van der Waals surface area contributed by atoms with Gasteiger partial charge in [0.1, 0.15) is 18.5 Å². The summed E-state index contributed by atoms with van der Waals surface area (Å²) in [6.45, 7) is 6.50. The molecule has 0 saturated heterocycles. The summed E-state index contributed by atoms with van der Waals surface area (Å²) >= 11 is 0. The summed E-state index contributed by atoms with van der Waals surface area (Å²) in [6.07, 6.45) is -0.883. The zero-order valence-corrected chi connectivity index (χ0v) is 15.7. The van der Waals surface area contributed by atoms with Crippen LogP contribution in [0, 0.1) is 0 Å². The predicted octanol–water partition coefficient (Wildman–Crippen LogP) is 2.17.